The van der Waals surface area contributed by atoms with E-state index in [1.807, 2.05) is 28.9 Å². The number of benzene rings is 1. The Balaban J connectivity index is 1.17. The van der Waals surface area contributed by atoms with Gasteiger partial charge in [-0.3, -0.25) is 14.4 Å². The summed E-state index contributed by atoms with van der Waals surface area (Å²) in [6.07, 6.45) is 7.72. The molecule has 0 aliphatic carbocycles. The van der Waals surface area contributed by atoms with Crippen LogP contribution in [0, 0.1) is 12.8 Å². The summed E-state index contributed by atoms with van der Waals surface area (Å²) in [5, 5.41) is 4.27. The second-order valence-electron chi connectivity index (χ2n) is 9.45. The van der Waals surface area contributed by atoms with Crippen LogP contribution < -0.4 is 0 Å². The van der Waals surface area contributed by atoms with E-state index >= 15 is 0 Å². The van der Waals surface area contributed by atoms with Crippen molar-refractivity contribution in [3.8, 4) is 0 Å². The van der Waals surface area contributed by atoms with Gasteiger partial charge in [0.05, 0.1) is 6.20 Å². The van der Waals surface area contributed by atoms with Crippen molar-refractivity contribution in [2.75, 3.05) is 46.3 Å². The molecule has 0 bridgehead atoms. The van der Waals surface area contributed by atoms with Gasteiger partial charge in [0.25, 0.3) is 0 Å². The van der Waals surface area contributed by atoms with Gasteiger partial charge in [-0.15, -0.1) is 0 Å². The fourth-order valence-corrected chi connectivity index (χ4v) is 4.72. The zero-order valence-corrected chi connectivity index (χ0v) is 19.2. The lowest BCUT2D eigenvalue weighted by Crippen LogP contribution is -2.43. The van der Waals surface area contributed by atoms with Gasteiger partial charge in [0.2, 0.25) is 5.91 Å². The standard InChI is InChI=1S/C25H37N5O/c1-21-18-26-30(19-21)12-9-25(31)29-10-7-23(8-11-29)17-22-3-5-24(6-4-22)20-28-15-13-27(2)14-16-28/h3-6,18-19,23H,7-17,20H2,1-2H3. The van der Waals surface area contributed by atoms with Crippen molar-refractivity contribution in [1.82, 2.24) is 24.5 Å². The summed E-state index contributed by atoms with van der Waals surface area (Å²) in [7, 11) is 2.20. The molecule has 0 saturated carbocycles. The van der Waals surface area contributed by atoms with Crippen LogP contribution in [0.2, 0.25) is 0 Å². The Hall–Kier alpha value is -2.18. The monoisotopic (exact) mass is 423 g/mol. The maximum absolute atomic E-state index is 12.5. The molecular formula is C25H37N5O. The molecule has 0 unspecified atom stereocenters. The third kappa shape index (κ3) is 6.40. The number of piperidine rings is 1. The fraction of sp³-hybridized carbons (Fsp3) is 0.600. The van der Waals surface area contributed by atoms with Crippen LogP contribution >= 0.6 is 0 Å². The third-order valence-corrected chi connectivity index (χ3v) is 6.83. The molecule has 168 valence electrons. The maximum Gasteiger partial charge on any atom is 0.224 e. The van der Waals surface area contributed by atoms with Crippen molar-refractivity contribution in [1.29, 1.82) is 0 Å². The first kappa shape index (κ1) is 22.0. The fourth-order valence-electron chi connectivity index (χ4n) is 4.72. The second kappa shape index (κ2) is 10.4. The zero-order chi connectivity index (χ0) is 21.6. The molecule has 2 aliphatic rings. The molecule has 1 aromatic carbocycles. The lowest BCUT2D eigenvalue weighted by Gasteiger charge is -2.32. The summed E-state index contributed by atoms with van der Waals surface area (Å²) in [6, 6.07) is 9.25. The van der Waals surface area contributed by atoms with E-state index in [2.05, 4.69) is 46.2 Å². The highest BCUT2D eigenvalue weighted by Gasteiger charge is 2.23. The molecule has 0 spiro atoms. The third-order valence-electron chi connectivity index (χ3n) is 6.83. The van der Waals surface area contributed by atoms with E-state index in [4.69, 9.17) is 0 Å². The lowest BCUT2D eigenvalue weighted by molar-refractivity contribution is -0.132. The Morgan fingerprint density at radius 1 is 1.00 bits per heavy atom. The van der Waals surface area contributed by atoms with Crippen LogP contribution in [0.3, 0.4) is 0 Å². The summed E-state index contributed by atoms with van der Waals surface area (Å²) < 4.78 is 1.87. The molecule has 6 heteroatoms. The largest absolute Gasteiger partial charge is 0.343 e. The minimum atomic E-state index is 0.264. The van der Waals surface area contributed by atoms with E-state index in [1.165, 1.54) is 24.2 Å². The molecule has 3 heterocycles. The van der Waals surface area contributed by atoms with Crippen molar-refractivity contribution in [3.63, 3.8) is 0 Å². The van der Waals surface area contributed by atoms with Gasteiger partial charge in [0.15, 0.2) is 0 Å². The van der Waals surface area contributed by atoms with Gasteiger partial charge in [-0.1, -0.05) is 24.3 Å². The van der Waals surface area contributed by atoms with Crippen LogP contribution in [0.15, 0.2) is 36.7 Å². The first-order chi connectivity index (χ1) is 15.0. The summed E-state index contributed by atoms with van der Waals surface area (Å²) in [4.78, 5) is 19.5. The number of hydrogen-bond donors (Lipinski definition) is 0. The Kier molecular flexibility index (Phi) is 7.41. The first-order valence-corrected chi connectivity index (χ1v) is 11.8. The number of aromatic nitrogens is 2. The van der Waals surface area contributed by atoms with E-state index in [9.17, 15) is 4.79 Å². The van der Waals surface area contributed by atoms with E-state index in [0.717, 1.165) is 57.5 Å². The van der Waals surface area contributed by atoms with Crippen LogP contribution in [0.25, 0.3) is 0 Å². The lowest BCUT2D eigenvalue weighted by atomic mass is 9.90. The predicted octanol–water partition coefficient (Wildman–Crippen LogP) is 2.81. The number of likely N-dealkylation sites (tertiary alicyclic amines) is 1. The molecule has 2 aliphatic heterocycles. The molecule has 4 rings (SSSR count). The number of amides is 1. The smallest absolute Gasteiger partial charge is 0.224 e. The van der Waals surface area contributed by atoms with E-state index in [1.54, 1.807) is 0 Å². The number of rotatable bonds is 7. The number of piperazine rings is 1. The SMILES string of the molecule is Cc1cnn(CCC(=O)N2CCC(Cc3ccc(CN4CCN(C)CC4)cc3)CC2)c1. The van der Waals surface area contributed by atoms with Gasteiger partial charge in [-0.25, -0.2) is 0 Å². The molecule has 2 saturated heterocycles. The van der Waals surface area contributed by atoms with Gasteiger partial charge in [0.1, 0.15) is 0 Å². The van der Waals surface area contributed by atoms with Gasteiger partial charge in [-0.05, 0) is 55.8 Å². The van der Waals surface area contributed by atoms with Gasteiger partial charge in [0, 0.05) is 65.0 Å². The van der Waals surface area contributed by atoms with Crippen molar-refractivity contribution in [2.45, 2.75) is 45.7 Å². The second-order valence-corrected chi connectivity index (χ2v) is 9.45. The molecule has 2 fully saturated rings. The highest BCUT2D eigenvalue weighted by Crippen LogP contribution is 2.23. The number of carbonyl (C=O) groups is 1. The molecule has 1 aromatic heterocycles. The number of likely N-dealkylation sites (N-methyl/N-ethyl adjacent to an activating group) is 1. The van der Waals surface area contributed by atoms with Crippen molar-refractivity contribution in [2.24, 2.45) is 5.92 Å². The van der Waals surface area contributed by atoms with Crippen LogP contribution in [0.5, 0.6) is 0 Å². The predicted molar refractivity (Wildman–Crippen MR) is 124 cm³/mol. The Morgan fingerprint density at radius 2 is 1.68 bits per heavy atom. The highest BCUT2D eigenvalue weighted by molar-refractivity contribution is 5.76. The number of hydrogen-bond acceptors (Lipinski definition) is 4. The van der Waals surface area contributed by atoms with Crippen LogP contribution in [-0.2, 0) is 24.3 Å². The summed E-state index contributed by atoms with van der Waals surface area (Å²) >= 11 is 0. The Morgan fingerprint density at radius 3 is 2.32 bits per heavy atom. The average Bonchev–Trinajstić information content (AvgIpc) is 3.21. The topological polar surface area (TPSA) is 44.6 Å². The van der Waals surface area contributed by atoms with Gasteiger partial charge in [-0.2, -0.15) is 5.10 Å². The molecule has 31 heavy (non-hydrogen) atoms. The van der Waals surface area contributed by atoms with E-state index in [-0.39, 0.29) is 5.91 Å². The molecule has 0 atom stereocenters. The first-order valence-electron chi connectivity index (χ1n) is 11.8. The van der Waals surface area contributed by atoms with Crippen molar-refractivity contribution < 1.29 is 4.79 Å². The number of nitrogens with zero attached hydrogens (tertiary/aromatic N) is 5. The minimum Gasteiger partial charge on any atom is -0.343 e. The quantitative estimate of drug-likeness (QED) is 0.687. The van der Waals surface area contributed by atoms with Crippen molar-refractivity contribution in [3.05, 3.63) is 53.3 Å². The van der Waals surface area contributed by atoms with E-state index in [0.29, 0.717) is 18.9 Å². The summed E-state index contributed by atoms with van der Waals surface area (Å²) in [6.45, 7) is 10.2. The number of carbonyl (C=O) groups excluding carboxylic acids is 1. The number of aryl methyl sites for hydroxylation is 2. The molecule has 0 N–H and O–H groups in total. The maximum atomic E-state index is 12.5. The van der Waals surface area contributed by atoms with Crippen LogP contribution in [-0.4, -0.2) is 76.7 Å². The minimum absolute atomic E-state index is 0.264. The molecule has 0 radical (unpaired) electrons. The average molecular weight is 424 g/mol. The highest BCUT2D eigenvalue weighted by atomic mass is 16.2. The van der Waals surface area contributed by atoms with Crippen LogP contribution in [0.4, 0.5) is 0 Å². The van der Waals surface area contributed by atoms with Crippen molar-refractivity contribution >= 4 is 5.91 Å². The molecule has 6 nitrogen and oxygen atoms in total. The molecular weight excluding hydrogens is 386 g/mol. The summed E-state index contributed by atoms with van der Waals surface area (Å²) in [5.41, 5.74) is 3.99. The van der Waals surface area contributed by atoms with Crippen LogP contribution in [0.1, 0.15) is 36.0 Å². The Bertz CT molecular complexity index is 830. The zero-order valence-electron chi connectivity index (χ0n) is 19.2. The Labute approximate surface area is 186 Å². The van der Waals surface area contributed by atoms with Gasteiger partial charge < -0.3 is 9.80 Å². The summed E-state index contributed by atoms with van der Waals surface area (Å²) in [5.74, 6) is 0.946. The van der Waals surface area contributed by atoms with E-state index < -0.39 is 0 Å². The van der Waals surface area contributed by atoms with Gasteiger partial charge >= 0.3 is 0 Å². The normalized spacial score (nSPS) is 19.1. The molecule has 2 aromatic rings. The molecule has 1 amide bonds.